The highest BCUT2D eigenvalue weighted by atomic mass is 16.6. The van der Waals surface area contributed by atoms with E-state index in [4.69, 9.17) is 5.11 Å². The van der Waals surface area contributed by atoms with Gasteiger partial charge >= 0.3 is 5.97 Å². The fraction of sp³-hybridized carbons (Fsp3) is 0.278. The maximum Gasteiger partial charge on any atom is 0.337 e. The second-order valence-electron chi connectivity index (χ2n) is 6.08. The molecule has 0 unspecified atom stereocenters. The van der Waals surface area contributed by atoms with E-state index in [2.05, 4.69) is 4.98 Å². The lowest BCUT2D eigenvalue weighted by atomic mass is 10.1. The molecule has 0 aliphatic heterocycles. The van der Waals surface area contributed by atoms with Crippen molar-refractivity contribution in [3.05, 3.63) is 69.0 Å². The first kappa shape index (κ1) is 19.0. The number of aromatic nitrogens is 1. The Labute approximate surface area is 150 Å². The molecule has 1 heterocycles. The zero-order valence-electron chi connectivity index (χ0n) is 14.7. The van der Waals surface area contributed by atoms with Gasteiger partial charge in [-0.2, -0.15) is 0 Å². The fourth-order valence-electron chi connectivity index (χ4n) is 2.46. The van der Waals surface area contributed by atoms with E-state index in [1.165, 1.54) is 31.2 Å². The molecular formula is C18H19N3O5. The van der Waals surface area contributed by atoms with Crippen molar-refractivity contribution in [3.8, 4) is 0 Å². The molecule has 26 heavy (non-hydrogen) atoms. The van der Waals surface area contributed by atoms with Gasteiger partial charge in [0.05, 0.1) is 16.2 Å². The van der Waals surface area contributed by atoms with Gasteiger partial charge in [0.15, 0.2) is 0 Å². The number of non-ortho nitro benzene ring substituents is 1. The topological polar surface area (TPSA) is 114 Å². The van der Waals surface area contributed by atoms with Crippen LogP contribution in [0, 0.1) is 17.0 Å². The van der Waals surface area contributed by atoms with Crippen molar-refractivity contribution in [1.29, 1.82) is 0 Å². The molecule has 1 amide bonds. The minimum atomic E-state index is -1.10. The van der Waals surface area contributed by atoms with Crippen LogP contribution >= 0.6 is 0 Å². The van der Waals surface area contributed by atoms with Gasteiger partial charge in [0.25, 0.3) is 11.6 Å². The summed E-state index contributed by atoms with van der Waals surface area (Å²) in [5.41, 5.74) is 1.20. The highest BCUT2D eigenvalue weighted by Crippen LogP contribution is 2.17. The molecule has 1 N–H and O–H groups in total. The number of pyridine rings is 1. The molecule has 8 heteroatoms. The standard InChI is InChI=1S/C18H19N3O5/c1-11(2)20(10-13-4-6-14(7-5-13)21(25)26)17(22)16-9-8-15(18(23)24)12(3)19-16/h4-9,11H,10H2,1-3H3,(H,23,24). The predicted molar refractivity (Wildman–Crippen MR) is 94.0 cm³/mol. The molecule has 1 aromatic carbocycles. The molecule has 2 rings (SSSR count). The monoisotopic (exact) mass is 357 g/mol. The van der Waals surface area contributed by atoms with Gasteiger partial charge in [-0.05, 0) is 38.5 Å². The Balaban J connectivity index is 2.26. The Hall–Kier alpha value is -3.29. The third-order valence-corrected chi connectivity index (χ3v) is 3.92. The fourth-order valence-corrected chi connectivity index (χ4v) is 2.46. The van der Waals surface area contributed by atoms with Gasteiger partial charge in [-0.3, -0.25) is 14.9 Å². The number of carbonyl (C=O) groups is 2. The Bertz CT molecular complexity index is 846. The molecule has 0 spiro atoms. The van der Waals surface area contributed by atoms with Gasteiger partial charge in [-0.25, -0.2) is 9.78 Å². The van der Waals surface area contributed by atoms with Crippen LogP contribution in [0.2, 0.25) is 0 Å². The van der Waals surface area contributed by atoms with Crippen molar-refractivity contribution in [3.63, 3.8) is 0 Å². The number of hydrogen-bond acceptors (Lipinski definition) is 5. The van der Waals surface area contributed by atoms with Crippen molar-refractivity contribution >= 4 is 17.6 Å². The second kappa shape index (κ2) is 7.73. The lowest BCUT2D eigenvalue weighted by molar-refractivity contribution is -0.384. The number of rotatable bonds is 6. The van der Waals surface area contributed by atoms with Crippen LogP contribution in [-0.2, 0) is 6.54 Å². The molecule has 2 aromatic rings. The minimum absolute atomic E-state index is 0.0160. The average molecular weight is 357 g/mol. The largest absolute Gasteiger partial charge is 0.478 e. The van der Waals surface area contributed by atoms with Crippen molar-refractivity contribution in [2.75, 3.05) is 0 Å². The number of carbonyl (C=O) groups excluding carboxylic acids is 1. The van der Waals surface area contributed by atoms with Gasteiger partial charge < -0.3 is 10.0 Å². The van der Waals surface area contributed by atoms with Gasteiger partial charge in [0, 0.05) is 24.7 Å². The Morgan fingerprint density at radius 3 is 2.27 bits per heavy atom. The van der Waals surface area contributed by atoms with Crippen LogP contribution in [0.25, 0.3) is 0 Å². The van der Waals surface area contributed by atoms with E-state index in [9.17, 15) is 19.7 Å². The molecule has 0 saturated carbocycles. The second-order valence-corrected chi connectivity index (χ2v) is 6.08. The number of carboxylic acid groups (broad SMARTS) is 1. The molecule has 0 atom stereocenters. The van der Waals surface area contributed by atoms with Crippen LogP contribution in [0.3, 0.4) is 0 Å². The number of amides is 1. The molecular weight excluding hydrogens is 338 g/mol. The number of aromatic carboxylic acids is 1. The number of hydrogen-bond donors (Lipinski definition) is 1. The molecule has 8 nitrogen and oxygen atoms in total. The third-order valence-electron chi connectivity index (χ3n) is 3.92. The first-order valence-electron chi connectivity index (χ1n) is 7.96. The molecule has 0 aliphatic carbocycles. The van der Waals surface area contributed by atoms with Crippen molar-refractivity contribution in [2.45, 2.75) is 33.4 Å². The van der Waals surface area contributed by atoms with Crippen LogP contribution < -0.4 is 0 Å². The van der Waals surface area contributed by atoms with Gasteiger partial charge in [0.2, 0.25) is 0 Å². The summed E-state index contributed by atoms with van der Waals surface area (Å²) in [6.07, 6.45) is 0. The first-order valence-corrected chi connectivity index (χ1v) is 7.96. The summed E-state index contributed by atoms with van der Waals surface area (Å²) in [6.45, 7) is 5.50. The molecule has 0 aliphatic rings. The quantitative estimate of drug-likeness (QED) is 0.628. The van der Waals surface area contributed by atoms with E-state index < -0.39 is 10.9 Å². The van der Waals surface area contributed by atoms with Crippen LogP contribution in [0.15, 0.2) is 36.4 Å². The van der Waals surface area contributed by atoms with E-state index in [0.717, 1.165) is 5.56 Å². The van der Waals surface area contributed by atoms with Crippen LogP contribution in [0.1, 0.15) is 46.0 Å². The van der Waals surface area contributed by atoms with Crippen LogP contribution in [0.4, 0.5) is 5.69 Å². The van der Waals surface area contributed by atoms with Crippen molar-refractivity contribution in [1.82, 2.24) is 9.88 Å². The summed E-state index contributed by atoms with van der Waals surface area (Å²) in [4.78, 5) is 39.8. The Morgan fingerprint density at radius 1 is 1.19 bits per heavy atom. The van der Waals surface area contributed by atoms with E-state index >= 15 is 0 Å². The summed E-state index contributed by atoms with van der Waals surface area (Å²) < 4.78 is 0. The molecule has 0 saturated heterocycles. The lowest BCUT2D eigenvalue weighted by Crippen LogP contribution is -2.37. The van der Waals surface area contributed by atoms with E-state index in [0.29, 0.717) is 0 Å². The smallest absolute Gasteiger partial charge is 0.337 e. The Kier molecular flexibility index (Phi) is 5.66. The average Bonchev–Trinajstić information content (AvgIpc) is 2.58. The normalized spacial score (nSPS) is 10.6. The molecule has 136 valence electrons. The summed E-state index contributed by atoms with van der Waals surface area (Å²) in [7, 11) is 0. The number of aryl methyl sites for hydroxylation is 1. The first-order chi connectivity index (χ1) is 12.2. The molecule has 1 aromatic heterocycles. The molecule has 0 radical (unpaired) electrons. The van der Waals surface area contributed by atoms with E-state index in [-0.39, 0.29) is 41.1 Å². The van der Waals surface area contributed by atoms with E-state index in [1.54, 1.807) is 17.0 Å². The molecule has 0 fully saturated rings. The van der Waals surface area contributed by atoms with Gasteiger partial charge in [-0.15, -0.1) is 0 Å². The summed E-state index contributed by atoms with van der Waals surface area (Å²) in [5, 5.41) is 19.8. The minimum Gasteiger partial charge on any atom is -0.478 e. The van der Waals surface area contributed by atoms with Crippen molar-refractivity contribution < 1.29 is 19.6 Å². The summed E-state index contributed by atoms with van der Waals surface area (Å²) in [5.74, 6) is -1.43. The molecule has 0 bridgehead atoms. The number of nitrogens with zero attached hydrogens (tertiary/aromatic N) is 3. The maximum atomic E-state index is 12.8. The maximum absolute atomic E-state index is 12.8. The van der Waals surface area contributed by atoms with Crippen LogP contribution in [0.5, 0.6) is 0 Å². The van der Waals surface area contributed by atoms with Gasteiger partial charge in [0.1, 0.15) is 5.69 Å². The summed E-state index contributed by atoms with van der Waals surface area (Å²) in [6, 6.07) is 8.61. The Morgan fingerprint density at radius 2 is 1.81 bits per heavy atom. The number of benzene rings is 1. The number of nitro benzene ring substituents is 1. The van der Waals surface area contributed by atoms with E-state index in [1.807, 2.05) is 13.8 Å². The lowest BCUT2D eigenvalue weighted by Gasteiger charge is -2.26. The highest BCUT2D eigenvalue weighted by molar-refractivity contribution is 5.94. The third kappa shape index (κ3) is 4.21. The predicted octanol–water partition coefficient (Wildman–Crippen LogP) is 3.05. The summed E-state index contributed by atoms with van der Waals surface area (Å²) >= 11 is 0. The van der Waals surface area contributed by atoms with Gasteiger partial charge in [-0.1, -0.05) is 12.1 Å². The van der Waals surface area contributed by atoms with Crippen LogP contribution in [-0.4, -0.2) is 37.8 Å². The highest BCUT2D eigenvalue weighted by Gasteiger charge is 2.22. The zero-order chi connectivity index (χ0) is 19.4. The zero-order valence-corrected chi connectivity index (χ0v) is 14.7. The van der Waals surface area contributed by atoms with Crippen molar-refractivity contribution in [2.24, 2.45) is 0 Å². The number of carboxylic acids is 1. The SMILES string of the molecule is Cc1nc(C(=O)N(Cc2ccc([N+](=O)[O-])cc2)C(C)C)ccc1C(=O)O. The number of nitro groups is 1.